The lowest BCUT2D eigenvalue weighted by molar-refractivity contribution is 0.463. The van der Waals surface area contributed by atoms with Crippen molar-refractivity contribution >= 4 is 114 Å². The van der Waals surface area contributed by atoms with Crippen LogP contribution in [0.4, 0.5) is 68.2 Å². The highest BCUT2D eigenvalue weighted by Gasteiger charge is 2.50. The topological polar surface area (TPSA) is 31.4 Å². The molecule has 0 bridgehead atoms. The largest absolute Gasteiger partial charge is 0.458 e. The summed E-state index contributed by atoms with van der Waals surface area (Å²) < 4.78 is 341. The van der Waals surface area contributed by atoms with E-state index in [1.165, 1.54) is 14.7 Å². The van der Waals surface area contributed by atoms with Crippen molar-refractivity contribution in [2.75, 3.05) is 19.6 Å². The Hall–Kier alpha value is -9.65. The molecule has 0 fully saturated rings. The molecule has 0 aromatic heterocycles. The third kappa shape index (κ3) is 18.1. The molecule has 0 atom stereocenters. The highest BCUT2D eigenvalue weighted by Crippen LogP contribution is 2.55. The van der Waals surface area contributed by atoms with Gasteiger partial charge < -0.3 is 29.1 Å². The molecule has 0 spiro atoms. The van der Waals surface area contributed by atoms with E-state index >= 15 is 0 Å². The Morgan fingerprint density at radius 1 is 0.200 bits per heavy atom. The van der Waals surface area contributed by atoms with E-state index < -0.39 is 336 Å². The first-order valence-corrected chi connectivity index (χ1v) is 46.3. The molecule has 0 aliphatic carbocycles. The Morgan fingerprint density at radius 3 is 0.785 bits per heavy atom. The molecule has 8 heteroatoms. The fourth-order valence-electron chi connectivity index (χ4n) is 16.1. The van der Waals surface area contributed by atoms with E-state index in [9.17, 15) is 39.8 Å². The van der Waals surface area contributed by atoms with Gasteiger partial charge >= 0.3 is 0 Å². The minimum atomic E-state index is -2.17. The highest BCUT2D eigenvalue weighted by atomic mass is 16.5. The molecule has 0 unspecified atom stereocenters. The van der Waals surface area contributed by atoms with Crippen molar-refractivity contribution in [3.05, 3.63) is 259 Å². The number of fused-ring (bicyclic) bond motifs is 8. The Balaban J connectivity index is 1.34. The van der Waals surface area contributed by atoms with Crippen molar-refractivity contribution < 1.29 is 49.2 Å². The van der Waals surface area contributed by atoms with Crippen molar-refractivity contribution in [1.82, 2.24) is 0 Å². The number of hydrogen-bond acceptors (Lipinski definition) is 6. The minimum Gasteiger partial charge on any atom is -0.458 e. The van der Waals surface area contributed by atoms with Gasteiger partial charge in [-0.1, -0.05) is 351 Å². The summed E-state index contributed by atoms with van der Waals surface area (Å²) >= 11 is 0. The van der Waals surface area contributed by atoms with Crippen LogP contribution in [-0.2, 0) is 75.8 Å². The third-order valence-electron chi connectivity index (χ3n) is 24.4. The van der Waals surface area contributed by atoms with Crippen LogP contribution in [-0.4, -0.2) is 13.4 Å². The van der Waals surface area contributed by atoms with Crippen LogP contribution in [0.2, 0.25) is 0 Å². The first-order valence-electron chi connectivity index (χ1n) is 60.8. The molecule has 11 aromatic rings. The van der Waals surface area contributed by atoms with Crippen LogP contribution in [0, 0.1) is 0 Å². The molecule has 11 aromatic carbocycles. The van der Waals surface area contributed by atoms with E-state index in [-0.39, 0.29) is 131 Å². The van der Waals surface area contributed by atoms with Gasteiger partial charge in [0.2, 0.25) is 0 Å². The SMILES string of the molecule is [2H]c1c([2H])c(C(C)(C)C)c([2H])c2c1B1c3c([2H])c4c(c([2H])c3Oc3c([2H])c(N(c5c([2H])c(C(C)(C)C)c([2H])c(C(C)(C)C)c5[2H])c5c([2H])c(C(C)(C)C)c([2H])c(C(C)(C)C)c5[2H])c([2H])c(c31)O2)B1c2c([2H])c([2H])c(C(C)(C)C)c([2H])c2N(c2c([2H])c(C(C)(C)C)c([2H])c(C(C)(C)C)c2[2H])c2c([2H])c(N(c3cc(C(C)(C)C)c([2H])c(C(C)(C)C)c3[2H])c3c([2H])c(C(C)(C)C)c([2H])c(C(C)(C)C)c3[2H])c([2H])c(c21)N4c1c([2H])c(C(C)(C)C)c([2H])c(C(C)(C)C)c1[2H]. The molecule has 0 radical (unpaired) electrons. The first-order chi connectivity index (χ1) is 71.6. The molecule has 15 rings (SSSR count). The van der Waals surface area contributed by atoms with Gasteiger partial charge in [0.1, 0.15) is 23.0 Å². The second-order valence-corrected chi connectivity index (χ2v) is 51.0. The molecule has 130 heavy (non-hydrogen) atoms. The first kappa shape index (κ1) is 64.2. The summed E-state index contributed by atoms with van der Waals surface area (Å²) in [7, 11) is 0. The lowest BCUT2D eigenvalue weighted by Gasteiger charge is -2.46. The molecule has 0 N–H and O–H groups in total. The van der Waals surface area contributed by atoms with Crippen molar-refractivity contribution in [2.24, 2.45) is 0 Å². The van der Waals surface area contributed by atoms with Gasteiger partial charge in [-0.15, -0.1) is 0 Å². The maximum absolute atomic E-state index is 12.6. The molecular formula is C122H156B2N4O2. The van der Waals surface area contributed by atoms with Crippen LogP contribution >= 0.6 is 0 Å². The second-order valence-electron chi connectivity index (χ2n) is 51.0. The van der Waals surface area contributed by atoms with E-state index in [1.54, 1.807) is 255 Å². The number of hydrogen-bond donors (Lipinski definition) is 0. The van der Waals surface area contributed by atoms with E-state index in [2.05, 4.69) is 0 Å². The van der Waals surface area contributed by atoms with Gasteiger partial charge in [0.05, 0.1) is 51.1 Å². The zero-order valence-corrected chi connectivity index (χ0v) is 85.8. The summed E-state index contributed by atoms with van der Waals surface area (Å²) in [4.78, 5) is 4.94. The molecular weight excluding hydrogens is 1570 g/mol. The summed E-state index contributed by atoms with van der Waals surface area (Å²) in [5.41, 5.74) is -25.0. The van der Waals surface area contributed by atoms with Crippen LogP contribution in [0.25, 0.3) is 0 Å². The Labute approximate surface area is 828 Å². The van der Waals surface area contributed by atoms with E-state index in [0.717, 1.165) is 4.90 Å². The number of ether oxygens (including phenoxy) is 2. The molecule has 0 amide bonds. The predicted molar refractivity (Wildman–Crippen MR) is 569 cm³/mol. The molecule has 4 aliphatic heterocycles. The zero-order chi connectivity index (χ0) is 121. The van der Waals surface area contributed by atoms with Crippen molar-refractivity contribution in [1.29, 1.82) is 0 Å². The van der Waals surface area contributed by atoms with Crippen LogP contribution in [0.15, 0.2) is 181 Å². The van der Waals surface area contributed by atoms with Gasteiger partial charge in [-0.25, -0.2) is 0 Å². The molecule has 6 nitrogen and oxygen atoms in total. The smallest absolute Gasteiger partial charge is 0.260 e. The standard InChI is InChI=1S/C122H156B2N4O2/c1-109(2,3)73-43-45-95-99(65-73)127(91-61-83(119(31,32)33)51-84(62-91)120(34,35)36)101-67-93(125(87-53-75(111(7,8)9)47-76(54-87)112(10,11)12)88-55-77(113(13,14)15)48-78(56-88)114(16,17)18)68-102-107(101)123(95)97-72-104-98(71-100(97)128(102)92-63-85(121(37,38)39)52-86(64-92)122(40,41)42)124-96-46-44-74(110(4,5)6)66-103(96)129-105-69-94(70-106(130-104)108(105)124)126(89-57-79(115(19,20)21)49-80(58-89)116(22,23)24)90-59-81(117(25,26)27)50-82(60-90)118(28,29)30/h43-72H,1-42H3/i43D,44D,45D,46D,47D,48D,49D,50D,51D,52D,53D,54D,55D,57D,58D,59D,60D,61D,62D,63D,64D,65D,66D,67D,68D,69D,70D,71D,72D. The van der Waals surface area contributed by atoms with Crippen LogP contribution in [0.1, 0.15) is 408 Å². The minimum absolute atomic E-state index is 0.0285. The van der Waals surface area contributed by atoms with Gasteiger partial charge in [0.25, 0.3) is 13.4 Å². The summed E-state index contributed by atoms with van der Waals surface area (Å²) in [6, 6.07) is -14.1. The van der Waals surface area contributed by atoms with Gasteiger partial charge in [0.15, 0.2) is 0 Å². The van der Waals surface area contributed by atoms with Crippen molar-refractivity contribution in [3.63, 3.8) is 0 Å². The summed E-state index contributed by atoms with van der Waals surface area (Å²) in [5.74, 6) is -2.50. The van der Waals surface area contributed by atoms with Gasteiger partial charge in [0, 0.05) is 74.4 Å². The second kappa shape index (κ2) is 31.0. The van der Waals surface area contributed by atoms with E-state index in [1.807, 2.05) is 41.5 Å². The number of nitrogens with zero attached hydrogens (tertiary/aromatic N) is 4. The van der Waals surface area contributed by atoms with Crippen molar-refractivity contribution in [2.45, 2.75) is 367 Å². The number of anilines is 12. The average Bonchev–Trinajstić information content (AvgIpc) is 0.655. The van der Waals surface area contributed by atoms with Gasteiger partial charge in [-0.2, -0.15) is 0 Å². The monoisotopic (exact) mass is 1760 g/mol. The molecule has 682 valence electrons. The molecule has 0 saturated heterocycles. The Bertz CT molecular complexity index is 7870. The van der Waals surface area contributed by atoms with Crippen LogP contribution < -0.4 is 61.9 Å². The summed E-state index contributed by atoms with van der Waals surface area (Å²) in [6.45, 7) is 70.4. The van der Waals surface area contributed by atoms with Gasteiger partial charge in [-0.3, -0.25) is 0 Å². The molecule has 0 saturated carbocycles. The summed E-state index contributed by atoms with van der Waals surface area (Å²) in [5, 5.41) is 0. The quantitative estimate of drug-likeness (QED) is 0.141. The van der Waals surface area contributed by atoms with E-state index in [4.69, 9.17) is 9.47 Å². The Morgan fingerprint density at radius 2 is 0.454 bits per heavy atom. The zero-order valence-electron chi connectivity index (χ0n) is 115. The maximum Gasteiger partial charge on any atom is 0.260 e. The number of rotatable bonds is 8. The molecule has 4 heterocycles. The lowest BCUT2D eigenvalue weighted by atomic mass is 9.31. The van der Waals surface area contributed by atoms with Gasteiger partial charge in [-0.05, 0) is 290 Å². The maximum atomic E-state index is 12.6. The average molecular weight is 1760 g/mol. The van der Waals surface area contributed by atoms with Crippen LogP contribution in [0.5, 0.6) is 23.0 Å². The fourth-order valence-corrected chi connectivity index (χ4v) is 16.1. The fraction of sp³-hybridized carbons (Fsp3) is 0.459. The van der Waals surface area contributed by atoms with Crippen molar-refractivity contribution in [3.8, 4) is 23.0 Å². The van der Waals surface area contributed by atoms with E-state index in [0.29, 0.717) is 0 Å². The third-order valence-corrected chi connectivity index (χ3v) is 24.4. The Kier molecular flexibility index (Phi) is 15.3. The molecule has 4 aliphatic rings. The normalized spacial score (nSPS) is 17.7. The van der Waals surface area contributed by atoms with Crippen LogP contribution in [0.3, 0.4) is 0 Å². The predicted octanol–water partition coefficient (Wildman–Crippen LogP) is 31.6. The summed E-state index contributed by atoms with van der Waals surface area (Å²) in [6.07, 6.45) is 0. The number of benzene rings is 11. The lowest BCUT2D eigenvalue weighted by Crippen LogP contribution is -2.63. The highest BCUT2D eigenvalue weighted by molar-refractivity contribution is 7.01.